The summed E-state index contributed by atoms with van der Waals surface area (Å²) in [5.41, 5.74) is 0.344. The summed E-state index contributed by atoms with van der Waals surface area (Å²) in [6.07, 6.45) is 0. The molecule has 1 atom stereocenters. The molecule has 2 amide bonds. The first-order valence-electron chi connectivity index (χ1n) is 7.61. The Labute approximate surface area is 149 Å². The number of hydrogen-bond donors (Lipinski definition) is 2. The van der Waals surface area contributed by atoms with Crippen LogP contribution in [-0.4, -0.2) is 17.9 Å². The van der Waals surface area contributed by atoms with Crippen molar-refractivity contribution in [2.24, 2.45) is 5.92 Å². The minimum atomic E-state index is -1.07. The van der Waals surface area contributed by atoms with Crippen molar-refractivity contribution in [3.63, 3.8) is 0 Å². The molecule has 0 radical (unpaired) electrons. The van der Waals surface area contributed by atoms with Crippen LogP contribution in [-0.2, 0) is 4.79 Å². The molecule has 2 aromatic carbocycles. The second-order valence-corrected chi connectivity index (χ2v) is 6.20. The number of hydrogen-bond acceptors (Lipinski definition) is 2. The van der Waals surface area contributed by atoms with Gasteiger partial charge in [-0.25, -0.2) is 8.78 Å². The first-order chi connectivity index (χ1) is 11.8. The highest BCUT2D eigenvalue weighted by molar-refractivity contribution is 6.33. The van der Waals surface area contributed by atoms with Gasteiger partial charge in [0, 0.05) is 11.8 Å². The maximum absolute atomic E-state index is 13.3. The topological polar surface area (TPSA) is 58.2 Å². The van der Waals surface area contributed by atoms with E-state index >= 15 is 0 Å². The van der Waals surface area contributed by atoms with E-state index in [4.69, 9.17) is 11.6 Å². The molecular weight excluding hydrogens is 350 g/mol. The lowest BCUT2D eigenvalue weighted by Gasteiger charge is -2.22. The third-order valence-corrected chi connectivity index (χ3v) is 3.87. The zero-order valence-corrected chi connectivity index (χ0v) is 14.4. The first-order valence-corrected chi connectivity index (χ1v) is 7.98. The highest BCUT2D eigenvalue weighted by atomic mass is 35.5. The number of nitrogens with one attached hydrogen (secondary N) is 2. The Morgan fingerprint density at radius 1 is 1.04 bits per heavy atom. The van der Waals surface area contributed by atoms with E-state index in [1.165, 1.54) is 6.07 Å². The highest BCUT2D eigenvalue weighted by Crippen LogP contribution is 2.17. The normalized spacial score (nSPS) is 11.9. The largest absolute Gasteiger partial charge is 0.340 e. The molecule has 0 bridgehead atoms. The number of carbonyl (C=O) groups excluding carboxylic acids is 2. The summed E-state index contributed by atoms with van der Waals surface area (Å²) in [7, 11) is 0. The van der Waals surface area contributed by atoms with Gasteiger partial charge in [0.25, 0.3) is 5.91 Å². The van der Waals surface area contributed by atoms with Crippen molar-refractivity contribution < 1.29 is 18.4 Å². The van der Waals surface area contributed by atoms with Crippen LogP contribution in [0.4, 0.5) is 14.5 Å². The SMILES string of the molecule is CC(C)C(NC(=O)c1ccccc1Cl)C(=O)Nc1ccc(F)c(F)c1. The predicted molar refractivity (Wildman–Crippen MR) is 92.5 cm³/mol. The zero-order valence-electron chi connectivity index (χ0n) is 13.6. The Morgan fingerprint density at radius 3 is 2.32 bits per heavy atom. The summed E-state index contributed by atoms with van der Waals surface area (Å²) in [4.78, 5) is 24.8. The second-order valence-electron chi connectivity index (χ2n) is 5.79. The molecule has 7 heteroatoms. The molecule has 0 aromatic heterocycles. The van der Waals surface area contributed by atoms with Crippen molar-refractivity contribution >= 4 is 29.1 Å². The fraction of sp³-hybridized carbons (Fsp3) is 0.222. The van der Waals surface area contributed by atoms with Gasteiger partial charge in [-0.3, -0.25) is 9.59 Å². The minimum absolute atomic E-state index is 0.0987. The van der Waals surface area contributed by atoms with Gasteiger partial charge >= 0.3 is 0 Å². The monoisotopic (exact) mass is 366 g/mol. The highest BCUT2D eigenvalue weighted by Gasteiger charge is 2.25. The van der Waals surface area contributed by atoms with Crippen LogP contribution in [0.3, 0.4) is 0 Å². The van der Waals surface area contributed by atoms with E-state index in [0.717, 1.165) is 12.1 Å². The molecule has 0 fully saturated rings. The summed E-state index contributed by atoms with van der Waals surface area (Å²) in [6.45, 7) is 3.50. The van der Waals surface area contributed by atoms with Gasteiger partial charge in [-0.15, -0.1) is 0 Å². The lowest BCUT2D eigenvalue weighted by Crippen LogP contribution is -2.47. The second kappa shape index (κ2) is 8.07. The number of anilines is 1. The Balaban J connectivity index is 2.14. The lowest BCUT2D eigenvalue weighted by atomic mass is 10.0. The van der Waals surface area contributed by atoms with Crippen molar-refractivity contribution in [1.29, 1.82) is 0 Å². The molecule has 2 N–H and O–H groups in total. The van der Waals surface area contributed by atoms with Gasteiger partial charge in [-0.05, 0) is 30.2 Å². The predicted octanol–water partition coefficient (Wildman–Crippen LogP) is 4.01. The molecule has 4 nitrogen and oxygen atoms in total. The van der Waals surface area contributed by atoms with Crippen LogP contribution < -0.4 is 10.6 Å². The summed E-state index contributed by atoms with van der Waals surface area (Å²) in [5, 5.41) is 5.35. The molecule has 2 aromatic rings. The van der Waals surface area contributed by atoms with E-state index < -0.39 is 29.5 Å². The number of amides is 2. The molecule has 25 heavy (non-hydrogen) atoms. The molecule has 2 rings (SSSR count). The molecule has 0 saturated carbocycles. The molecule has 0 aliphatic heterocycles. The summed E-state index contributed by atoms with van der Waals surface area (Å²) >= 11 is 5.99. The Hall–Kier alpha value is -2.47. The summed E-state index contributed by atoms with van der Waals surface area (Å²) in [5.74, 6) is -3.35. The fourth-order valence-corrected chi connectivity index (χ4v) is 2.41. The van der Waals surface area contributed by atoms with Crippen LogP contribution in [0.2, 0.25) is 5.02 Å². The lowest BCUT2D eigenvalue weighted by molar-refractivity contribution is -0.118. The number of halogens is 3. The third-order valence-electron chi connectivity index (χ3n) is 3.54. The smallest absolute Gasteiger partial charge is 0.253 e. The van der Waals surface area contributed by atoms with Gasteiger partial charge in [0.1, 0.15) is 6.04 Å². The van der Waals surface area contributed by atoms with E-state index in [9.17, 15) is 18.4 Å². The average Bonchev–Trinajstić information content (AvgIpc) is 2.55. The van der Waals surface area contributed by atoms with Crippen LogP contribution in [0.25, 0.3) is 0 Å². The Morgan fingerprint density at radius 2 is 1.72 bits per heavy atom. The van der Waals surface area contributed by atoms with Crippen LogP contribution >= 0.6 is 11.6 Å². The van der Waals surface area contributed by atoms with Crippen molar-refractivity contribution in [3.05, 3.63) is 64.7 Å². The number of carbonyl (C=O) groups is 2. The van der Waals surface area contributed by atoms with Crippen molar-refractivity contribution in [2.45, 2.75) is 19.9 Å². The Kier molecular flexibility index (Phi) is 6.09. The van der Waals surface area contributed by atoms with Crippen molar-refractivity contribution in [3.8, 4) is 0 Å². The van der Waals surface area contributed by atoms with Crippen LogP contribution in [0.15, 0.2) is 42.5 Å². The van der Waals surface area contributed by atoms with E-state index in [-0.39, 0.29) is 22.2 Å². The molecule has 132 valence electrons. The average molecular weight is 367 g/mol. The fourth-order valence-electron chi connectivity index (χ4n) is 2.19. The van der Waals surface area contributed by atoms with Gasteiger partial charge in [0.2, 0.25) is 5.91 Å². The van der Waals surface area contributed by atoms with Gasteiger partial charge < -0.3 is 10.6 Å². The van der Waals surface area contributed by atoms with Gasteiger partial charge in [-0.1, -0.05) is 37.6 Å². The zero-order chi connectivity index (χ0) is 18.6. The quantitative estimate of drug-likeness (QED) is 0.840. The summed E-state index contributed by atoms with van der Waals surface area (Å²) < 4.78 is 26.2. The molecule has 0 heterocycles. The number of benzene rings is 2. The van der Waals surface area contributed by atoms with Crippen LogP contribution in [0.5, 0.6) is 0 Å². The number of rotatable bonds is 5. The summed E-state index contributed by atoms with van der Waals surface area (Å²) in [6, 6.07) is 8.62. The molecule has 0 saturated heterocycles. The van der Waals surface area contributed by atoms with E-state index in [2.05, 4.69) is 10.6 Å². The molecule has 0 aliphatic rings. The maximum atomic E-state index is 13.3. The van der Waals surface area contributed by atoms with Gasteiger partial charge in [0.05, 0.1) is 10.6 Å². The van der Waals surface area contributed by atoms with E-state index in [1.54, 1.807) is 38.1 Å². The van der Waals surface area contributed by atoms with E-state index in [0.29, 0.717) is 0 Å². The van der Waals surface area contributed by atoms with Crippen molar-refractivity contribution in [2.75, 3.05) is 5.32 Å². The van der Waals surface area contributed by atoms with Gasteiger partial charge in [-0.2, -0.15) is 0 Å². The van der Waals surface area contributed by atoms with Gasteiger partial charge in [0.15, 0.2) is 11.6 Å². The van der Waals surface area contributed by atoms with Crippen molar-refractivity contribution in [1.82, 2.24) is 5.32 Å². The Bertz CT molecular complexity index is 796. The molecule has 0 spiro atoms. The van der Waals surface area contributed by atoms with Crippen LogP contribution in [0, 0.1) is 17.6 Å². The maximum Gasteiger partial charge on any atom is 0.253 e. The molecule has 1 unspecified atom stereocenters. The minimum Gasteiger partial charge on any atom is -0.340 e. The third kappa shape index (κ3) is 4.76. The molecular formula is C18H17ClF2N2O2. The van der Waals surface area contributed by atoms with Crippen LogP contribution in [0.1, 0.15) is 24.2 Å². The molecule has 0 aliphatic carbocycles. The van der Waals surface area contributed by atoms with E-state index in [1.807, 2.05) is 0 Å². The first kappa shape index (κ1) is 18.9. The standard InChI is InChI=1S/C18H17ClF2N2O2/c1-10(2)16(23-17(24)12-5-3-4-6-13(12)19)18(25)22-11-7-8-14(20)15(21)9-11/h3-10,16H,1-2H3,(H,22,25)(H,23,24).